The van der Waals surface area contributed by atoms with Crippen LogP contribution in [0.4, 0.5) is 22.0 Å². The van der Waals surface area contributed by atoms with E-state index in [0.717, 1.165) is 28.2 Å². The molecule has 1 heterocycles. The van der Waals surface area contributed by atoms with Crippen molar-refractivity contribution in [3.8, 4) is 0 Å². The molecule has 6 heteroatoms. The van der Waals surface area contributed by atoms with E-state index in [9.17, 15) is 4.79 Å². The zero-order valence-electron chi connectivity index (χ0n) is 13.0. The average Bonchev–Trinajstić information content (AvgIpc) is 2.73. The van der Waals surface area contributed by atoms with Crippen molar-refractivity contribution in [2.45, 2.75) is 20.8 Å². The number of aromatic amines is 1. The highest BCUT2D eigenvalue weighted by Crippen LogP contribution is 2.25. The lowest BCUT2D eigenvalue weighted by Crippen LogP contribution is -2.21. The first kappa shape index (κ1) is 14.9. The van der Waals surface area contributed by atoms with Gasteiger partial charge in [-0.05, 0) is 38.5 Å². The van der Waals surface area contributed by atoms with Crippen molar-refractivity contribution < 1.29 is 4.79 Å². The van der Waals surface area contributed by atoms with Gasteiger partial charge in [0.15, 0.2) is 5.82 Å². The minimum Gasteiger partial charge on any atom is -0.377 e. The van der Waals surface area contributed by atoms with Gasteiger partial charge in [0.2, 0.25) is 0 Å². The van der Waals surface area contributed by atoms with Gasteiger partial charge in [0.1, 0.15) is 0 Å². The molecule has 0 unspecified atom stereocenters. The summed E-state index contributed by atoms with van der Waals surface area (Å²) < 4.78 is 0. The number of hydrogen-bond acceptors (Lipinski definition) is 3. The zero-order chi connectivity index (χ0) is 15.6. The predicted octanol–water partition coefficient (Wildman–Crippen LogP) is 3.04. The molecule has 0 saturated heterocycles. The number of aromatic nitrogens is 2. The van der Waals surface area contributed by atoms with Crippen LogP contribution < -0.4 is 15.5 Å². The quantitative estimate of drug-likeness (QED) is 0.812. The highest BCUT2D eigenvalue weighted by atomic mass is 16.2. The van der Waals surface area contributed by atoms with E-state index < -0.39 is 0 Å². The lowest BCUT2D eigenvalue weighted by molar-refractivity contribution is 0.262. The predicted molar refractivity (Wildman–Crippen MR) is 86.2 cm³/mol. The number of rotatable bonds is 3. The molecule has 6 nitrogen and oxygen atoms in total. The first-order valence-electron chi connectivity index (χ1n) is 6.76. The molecule has 21 heavy (non-hydrogen) atoms. The van der Waals surface area contributed by atoms with Crippen LogP contribution in [0.2, 0.25) is 0 Å². The van der Waals surface area contributed by atoms with Gasteiger partial charge in [-0.25, -0.2) is 4.79 Å². The second kappa shape index (κ2) is 5.87. The summed E-state index contributed by atoms with van der Waals surface area (Å²) in [6, 6.07) is 5.51. The van der Waals surface area contributed by atoms with Crippen LogP contribution in [0.25, 0.3) is 0 Å². The van der Waals surface area contributed by atoms with Crippen LogP contribution in [0.5, 0.6) is 0 Å². The maximum atomic E-state index is 12.1. The van der Waals surface area contributed by atoms with Gasteiger partial charge < -0.3 is 10.2 Å². The van der Waals surface area contributed by atoms with Gasteiger partial charge in [-0.3, -0.25) is 10.4 Å². The Morgan fingerprint density at radius 1 is 1.14 bits per heavy atom. The highest BCUT2D eigenvalue weighted by molar-refractivity contribution is 6.00. The van der Waals surface area contributed by atoms with Gasteiger partial charge in [-0.15, -0.1) is 0 Å². The Labute approximate surface area is 124 Å². The molecule has 0 radical (unpaired) electrons. The van der Waals surface area contributed by atoms with E-state index in [0.29, 0.717) is 5.82 Å². The van der Waals surface area contributed by atoms with Crippen LogP contribution in [0.1, 0.15) is 16.8 Å². The molecular formula is C15H21N5O. The zero-order valence-corrected chi connectivity index (χ0v) is 13.0. The molecule has 2 aromatic rings. The summed E-state index contributed by atoms with van der Waals surface area (Å²) in [7, 11) is 3.95. The molecule has 1 aromatic carbocycles. The van der Waals surface area contributed by atoms with E-state index in [4.69, 9.17) is 0 Å². The third-order valence-electron chi connectivity index (χ3n) is 3.52. The summed E-state index contributed by atoms with van der Waals surface area (Å²) in [4.78, 5) is 14.1. The standard InChI is InChI=1S/C15H21N5O/c1-9-11(3)18-19-14(9)17-15(21)16-12-7-6-8-13(10(12)2)20(4)5/h6-8H,1-5H3,(H3,16,17,18,19,21). The van der Waals surface area contributed by atoms with Gasteiger partial charge in [0.25, 0.3) is 0 Å². The number of amides is 2. The minimum absolute atomic E-state index is 0.302. The SMILES string of the molecule is Cc1[nH]nc(NC(=O)Nc2cccc(N(C)C)c2C)c1C. The Bertz CT molecular complexity index is 660. The molecule has 3 N–H and O–H groups in total. The summed E-state index contributed by atoms with van der Waals surface area (Å²) in [6.45, 7) is 5.80. The van der Waals surface area contributed by atoms with Gasteiger partial charge in [0.05, 0.1) is 0 Å². The van der Waals surface area contributed by atoms with Crippen molar-refractivity contribution in [1.29, 1.82) is 0 Å². The lowest BCUT2D eigenvalue weighted by atomic mass is 10.1. The molecule has 2 amide bonds. The molecule has 2 rings (SSSR count). The van der Waals surface area contributed by atoms with Crippen molar-refractivity contribution in [3.05, 3.63) is 35.0 Å². The largest absolute Gasteiger partial charge is 0.377 e. The molecule has 0 fully saturated rings. The second-order valence-electron chi connectivity index (χ2n) is 5.25. The third-order valence-corrected chi connectivity index (χ3v) is 3.52. The van der Waals surface area contributed by atoms with Crippen molar-refractivity contribution in [2.24, 2.45) is 0 Å². The van der Waals surface area contributed by atoms with Gasteiger partial charge in [-0.2, -0.15) is 5.10 Å². The van der Waals surface area contributed by atoms with Crippen LogP contribution in [0, 0.1) is 20.8 Å². The molecule has 0 aliphatic rings. The van der Waals surface area contributed by atoms with Crippen LogP contribution in [0.15, 0.2) is 18.2 Å². The van der Waals surface area contributed by atoms with E-state index in [1.165, 1.54) is 0 Å². The monoisotopic (exact) mass is 287 g/mol. The number of carbonyl (C=O) groups excluding carboxylic acids is 1. The molecular weight excluding hydrogens is 266 g/mol. The number of nitrogens with one attached hydrogen (secondary N) is 3. The van der Waals surface area contributed by atoms with E-state index in [1.807, 2.05) is 58.0 Å². The fourth-order valence-corrected chi connectivity index (χ4v) is 2.11. The summed E-state index contributed by atoms with van der Waals surface area (Å²) >= 11 is 0. The molecule has 0 saturated carbocycles. The van der Waals surface area contributed by atoms with Gasteiger partial charge >= 0.3 is 6.03 Å². The molecule has 112 valence electrons. The number of anilines is 3. The number of nitrogens with zero attached hydrogens (tertiary/aromatic N) is 2. The first-order valence-corrected chi connectivity index (χ1v) is 6.76. The first-order chi connectivity index (χ1) is 9.90. The number of hydrogen-bond donors (Lipinski definition) is 3. The number of carbonyl (C=O) groups is 1. The van der Waals surface area contributed by atoms with Crippen molar-refractivity contribution in [1.82, 2.24) is 10.2 Å². The maximum absolute atomic E-state index is 12.1. The molecule has 1 aromatic heterocycles. The number of urea groups is 1. The molecule has 0 bridgehead atoms. The average molecular weight is 287 g/mol. The molecule has 0 spiro atoms. The van der Waals surface area contributed by atoms with E-state index in [2.05, 4.69) is 20.8 Å². The fourth-order valence-electron chi connectivity index (χ4n) is 2.11. The summed E-state index contributed by atoms with van der Waals surface area (Å²) in [5, 5.41) is 12.5. The number of aryl methyl sites for hydroxylation is 1. The molecule has 0 aliphatic heterocycles. The van der Waals surface area contributed by atoms with Crippen LogP contribution in [0.3, 0.4) is 0 Å². The molecule has 0 atom stereocenters. The highest BCUT2D eigenvalue weighted by Gasteiger charge is 2.12. The Morgan fingerprint density at radius 3 is 2.43 bits per heavy atom. The van der Waals surface area contributed by atoms with Crippen molar-refractivity contribution in [3.63, 3.8) is 0 Å². The normalized spacial score (nSPS) is 10.3. The maximum Gasteiger partial charge on any atom is 0.324 e. The Balaban J connectivity index is 2.13. The summed E-state index contributed by atoms with van der Waals surface area (Å²) in [5.74, 6) is 0.548. The van der Waals surface area contributed by atoms with Crippen LogP contribution >= 0.6 is 0 Å². The van der Waals surface area contributed by atoms with E-state index >= 15 is 0 Å². The molecule has 0 aliphatic carbocycles. The fraction of sp³-hybridized carbons (Fsp3) is 0.333. The summed E-state index contributed by atoms with van der Waals surface area (Å²) in [5.41, 5.74) is 4.75. The third kappa shape index (κ3) is 3.16. The van der Waals surface area contributed by atoms with Crippen LogP contribution in [-0.2, 0) is 0 Å². The van der Waals surface area contributed by atoms with Gasteiger partial charge in [0, 0.05) is 36.7 Å². The Hall–Kier alpha value is -2.50. The smallest absolute Gasteiger partial charge is 0.324 e. The van der Waals surface area contributed by atoms with Crippen molar-refractivity contribution >= 4 is 23.2 Å². The topological polar surface area (TPSA) is 73.0 Å². The van der Waals surface area contributed by atoms with Gasteiger partial charge in [-0.1, -0.05) is 6.07 Å². The van der Waals surface area contributed by atoms with Crippen molar-refractivity contribution in [2.75, 3.05) is 29.6 Å². The number of H-pyrrole nitrogens is 1. The minimum atomic E-state index is -0.302. The second-order valence-corrected chi connectivity index (χ2v) is 5.25. The Morgan fingerprint density at radius 2 is 1.86 bits per heavy atom. The Kier molecular flexibility index (Phi) is 4.16. The van der Waals surface area contributed by atoms with Crippen LogP contribution in [-0.4, -0.2) is 30.3 Å². The summed E-state index contributed by atoms with van der Waals surface area (Å²) in [6.07, 6.45) is 0. The number of benzene rings is 1. The lowest BCUT2D eigenvalue weighted by Gasteiger charge is -2.18. The van der Waals surface area contributed by atoms with E-state index in [1.54, 1.807) is 0 Å². The van der Waals surface area contributed by atoms with E-state index in [-0.39, 0.29) is 6.03 Å².